The molecule has 2 aromatic heterocycles. The van der Waals surface area contributed by atoms with Crippen LogP contribution in [0.3, 0.4) is 0 Å². The molecule has 2 aliphatic rings. The summed E-state index contributed by atoms with van der Waals surface area (Å²) in [6.45, 7) is 10.6. The average molecular weight is 430 g/mol. The summed E-state index contributed by atoms with van der Waals surface area (Å²) < 4.78 is 0. The molecule has 2 aromatic rings. The number of piperidine rings is 2. The van der Waals surface area contributed by atoms with Gasteiger partial charge in [0.2, 0.25) is 5.91 Å². The number of amides is 1. The molecule has 2 aliphatic heterocycles. The molecule has 0 saturated carbocycles. The van der Waals surface area contributed by atoms with Gasteiger partial charge in [-0.15, -0.1) is 11.3 Å². The predicted octanol–water partition coefficient (Wildman–Crippen LogP) is 3.71. The maximum atomic E-state index is 12.6. The number of likely N-dealkylation sites (tertiary alicyclic amines) is 1. The molecule has 2 fully saturated rings. The number of carbonyl (C=O) groups is 1. The Bertz CT molecular complexity index is 845. The molecule has 0 unspecified atom stereocenters. The van der Waals surface area contributed by atoms with Crippen LogP contribution in [0.1, 0.15) is 50.8 Å². The van der Waals surface area contributed by atoms with Gasteiger partial charge in [-0.1, -0.05) is 13.8 Å². The number of hydrogen-bond donors (Lipinski definition) is 1. The number of anilines is 1. The van der Waals surface area contributed by atoms with Gasteiger partial charge in [-0.05, 0) is 63.6 Å². The van der Waals surface area contributed by atoms with Crippen LogP contribution in [0, 0.1) is 11.8 Å². The second-order valence-corrected chi connectivity index (χ2v) is 10.1. The zero-order chi connectivity index (χ0) is 20.9. The van der Waals surface area contributed by atoms with E-state index < -0.39 is 0 Å². The molecule has 4 heterocycles. The van der Waals surface area contributed by atoms with Crippen molar-refractivity contribution in [1.29, 1.82) is 0 Å². The smallest absolute Gasteiger partial charge is 0.223 e. The normalized spacial score (nSPS) is 21.3. The topological polar surface area (TPSA) is 61.4 Å². The first-order valence-electron chi connectivity index (χ1n) is 11.6. The number of nitrogens with one attached hydrogen (secondary N) is 1. The van der Waals surface area contributed by atoms with Crippen LogP contribution in [0.25, 0.3) is 10.2 Å². The molecule has 4 rings (SSSR count). The van der Waals surface area contributed by atoms with Crippen LogP contribution < -0.4 is 10.2 Å². The zero-order valence-electron chi connectivity index (χ0n) is 18.4. The molecule has 0 bridgehead atoms. The quantitative estimate of drug-likeness (QED) is 0.680. The third-order valence-corrected chi connectivity index (χ3v) is 7.75. The first kappa shape index (κ1) is 21.5. The minimum absolute atomic E-state index is 0.127. The number of fused-ring (bicyclic) bond motifs is 1. The highest BCUT2D eigenvalue weighted by molar-refractivity contribution is 7.18. The highest BCUT2D eigenvalue weighted by Gasteiger charge is 2.26. The van der Waals surface area contributed by atoms with Crippen molar-refractivity contribution < 1.29 is 4.79 Å². The third-order valence-electron chi connectivity index (χ3n) is 6.56. The van der Waals surface area contributed by atoms with E-state index in [2.05, 4.69) is 45.0 Å². The molecule has 0 radical (unpaired) electrons. The maximum absolute atomic E-state index is 12.6. The predicted molar refractivity (Wildman–Crippen MR) is 124 cm³/mol. The summed E-state index contributed by atoms with van der Waals surface area (Å²) in [4.78, 5) is 28.9. The fourth-order valence-corrected chi connectivity index (χ4v) is 5.75. The fourth-order valence-electron chi connectivity index (χ4n) is 4.82. The van der Waals surface area contributed by atoms with Gasteiger partial charge in [0.15, 0.2) is 0 Å². The summed E-state index contributed by atoms with van der Waals surface area (Å²) in [5, 5.41) is 4.35. The van der Waals surface area contributed by atoms with E-state index in [1.807, 2.05) is 0 Å². The van der Waals surface area contributed by atoms with Crippen LogP contribution in [-0.2, 0) is 11.2 Å². The Balaban J connectivity index is 1.22. The minimum Gasteiger partial charge on any atom is -0.356 e. The minimum atomic E-state index is 0.127. The lowest BCUT2D eigenvalue weighted by molar-refractivity contribution is -0.125. The van der Waals surface area contributed by atoms with Crippen LogP contribution in [0.15, 0.2) is 12.4 Å². The lowest BCUT2D eigenvalue weighted by Crippen LogP contribution is -2.42. The van der Waals surface area contributed by atoms with Crippen LogP contribution in [0.4, 0.5) is 5.82 Å². The standard InChI is InChI=1S/C23H35N5OS/c1-3-19-14-20-21(25-16-26-23(20)30-19)28-12-7-18(8-13-28)22(29)24-9-5-11-27-10-4-6-17(2)15-27/h14,16-18H,3-13,15H2,1-2H3,(H,24,29)/t17-/m0/s1. The summed E-state index contributed by atoms with van der Waals surface area (Å²) >= 11 is 1.76. The summed E-state index contributed by atoms with van der Waals surface area (Å²) in [5.74, 6) is 2.21. The number of aryl methyl sites for hydroxylation is 1. The van der Waals surface area contributed by atoms with Crippen molar-refractivity contribution in [3.05, 3.63) is 17.3 Å². The van der Waals surface area contributed by atoms with Gasteiger partial charge in [-0.2, -0.15) is 0 Å². The Morgan fingerprint density at radius 1 is 1.23 bits per heavy atom. The Labute approximate surface area is 184 Å². The van der Waals surface area contributed by atoms with Crippen molar-refractivity contribution in [2.75, 3.05) is 44.2 Å². The maximum Gasteiger partial charge on any atom is 0.223 e. The van der Waals surface area contributed by atoms with E-state index in [0.29, 0.717) is 0 Å². The number of hydrogen-bond acceptors (Lipinski definition) is 6. The van der Waals surface area contributed by atoms with Gasteiger partial charge in [0, 0.05) is 37.0 Å². The molecule has 0 aromatic carbocycles. The van der Waals surface area contributed by atoms with E-state index in [1.54, 1.807) is 17.7 Å². The molecule has 30 heavy (non-hydrogen) atoms. The highest BCUT2D eigenvalue weighted by Crippen LogP contribution is 2.32. The molecule has 2 saturated heterocycles. The molecule has 1 atom stereocenters. The van der Waals surface area contributed by atoms with Gasteiger partial charge >= 0.3 is 0 Å². The number of rotatable bonds is 7. The van der Waals surface area contributed by atoms with Crippen LogP contribution >= 0.6 is 11.3 Å². The molecule has 7 heteroatoms. The second-order valence-electron chi connectivity index (χ2n) is 8.94. The van der Waals surface area contributed by atoms with Crippen LogP contribution in [0.5, 0.6) is 0 Å². The van der Waals surface area contributed by atoms with Crippen LogP contribution in [-0.4, -0.2) is 60.0 Å². The van der Waals surface area contributed by atoms with E-state index in [-0.39, 0.29) is 11.8 Å². The largest absolute Gasteiger partial charge is 0.356 e. The molecule has 1 N–H and O–H groups in total. The van der Waals surface area contributed by atoms with Gasteiger partial charge < -0.3 is 15.1 Å². The summed E-state index contributed by atoms with van der Waals surface area (Å²) in [5.41, 5.74) is 0. The van der Waals surface area contributed by atoms with Gasteiger partial charge in [0.1, 0.15) is 17.0 Å². The molecular weight excluding hydrogens is 394 g/mol. The Kier molecular flexibility index (Phi) is 7.20. The third kappa shape index (κ3) is 5.11. The lowest BCUT2D eigenvalue weighted by Gasteiger charge is -2.32. The van der Waals surface area contributed by atoms with E-state index in [0.717, 1.165) is 73.8 Å². The van der Waals surface area contributed by atoms with Gasteiger partial charge in [0.25, 0.3) is 0 Å². The van der Waals surface area contributed by atoms with Gasteiger partial charge in [0.05, 0.1) is 5.39 Å². The summed E-state index contributed by atoms with van der Waals surface area (Å²) in [6.07, 6.45) is 8.22. The first-order valence-corrected chi connectivity index (χ1v) is 12.4. The highest BCUT2D eigenvalue weighted by atomic mass is 32.1. The van der Waals surface area contributed by atoms with Crippen molar-refractivity contribution in [1.82, 2.24) is 20.2 Å². The molecule has 1 amide bonds. The van der Waals surface area contributed by atoms with Crippen molar-refractivity contribution in [3.8, 4) is 0 Å². The monoisotopic (exact) mass is 429 g/mol. The summed E-state index contributed by atoms with van der Waals surface area (Å²) in [7, 11) is 0. The molecule has 6 nitrogen and oxygen atoms in total. The van der Waals surface area contributed by atoms with E-state index in [9.17, 15) is 4.79 Å². The van der Waals surface area contributed by atoms with Crippen molar-refractivity contribution in [2.45, 2.75) is 52.4 Å². The summed E-state index contributed by atoms with van der Waals surface area (Å²) in [6, 6.07) is 2.23. The SMILES string of the molecule is CCc1cc2c(N3CCC(C(=O)NCCCN4CCC[C@H](C)C4)CC3)ncnc2s1. The zero-order valence-corrected chi connectivity index (χ0v) is 19.2. The lowest BCUT2D eigenvalue weighted by atomic mass is 9.95. The van der Waals surface area contributed by atoms with Crippen molar-refractivity contribution in [3.63, 3.8) is 0 Å². The fraction of sp³-hybridized carbons (Fsp3) is 0.696. The van der Waals surface area contributed by atoms with Gasteiger partial charge in [-0.25, -0.2) is 9.97 Å². The van der Waals surface area contributed by atoms with E-state index >= 15 is 0 Å². The van der Waals surface area contributed by atoms with Crippen molar-refractivity contribution >= 4 is 33.3 Å². The first-order chi connectivity index (χ1) is 14.6. The molecular formula is C23H35N5OS. The number of aromatic nitrogens is 2. The molecule has 0 spiro atoms. The Morgan fingerprint density at radius 3 is 2.83 bits per heavy atom. The molecule has 164 valence electrons. The van der Waals surface area contributed by atoms with E-state index in [1.165, 1.54) is 30.8 Å². The Hall–Kier alpha value is -1.73. The Morgan fingerprint density at radius 2 is 2.07 bits per heavy atom. The number of thiophene rings is 1. The number of nitrogens with zero attached hydrogens (tertiary/aromatic N) is 4. The average Bonchev–Trinajstić information content (AvgIpc) is 3.20. The van der Waals surface area contributed by atoms with Crippen molar-refractivity contribution in [2.24, 2.45) is 11.8 Å². The molecule has 0 aliphatic carbocycles. The number of carbonyl (C=O) groups excluding carboxylic acids is 1. The second kappa shape index (κ2) is 10.1. The van der Waals surface area contributed by atoms with E-state index in [4.69, 9.17) is 0 Å². The van der Waals surface area contributed by atoms with Gasteiger partial charge in [-0.3, -0.25) is 4.79 Å². The van der Waals surface area contributed by atoms with Crippen LogP contribution in [0.2, 0.25) is 0 Å².